The van der Waals surface area contributed by atoms with Crippen LogP contribution in [0.3, 0.4) is 0 Å². The highest BCUT2D eigenvalue weighted by Gasteiger charge is 2.00. The fourth-order valence-corrected chi connectivity index (χ4v) is 1.37. The molecular weight excluding hydrogens is 204 g/mol. The summed E-state index contributed by atoms with van der Waals surface area (Å²) in [5, 5.41) is 0. The van der Waals surface area contributed by atoms with E-state index in [1.807, 2.05) is 20.2 Å². The van der Waals surface area contributed by atoms with Crippen molar-refractivity contribution in [2.24, 2.45) is 0 Å². The first-order valence-electron chi connectivity index (χ1n) is 5.34. The quantitative estimate of drug-likeness (QED) is 0.589. The topological polar surface area (TPSA) is 47.7 Å². The zero-order valence-electron chi connectivity index (χ0n) is 10.2. The number of rotatable bonds is 6. The van der Waals surface area contributed by atoms with Crippen molar-refractivity contribution in [1.29, 1.82) is 0 Å². The summed E-state index contributed by atoms with van der Waals surface area (Å²) in [7, 11) is 5.71. The molecule has 0 heterocycles. The SMILES string of the molecule is COc1cc(N)cc(OCCCN(C)C)c1. The number of nitrogens with two attached hydrogens (primary N) is 1. The number of nitrogens with zero attached hydrogens (tertiary/aromatic N) is 1. The average Bonchev–Trinajstić information content (AvgIpc) is 2.23. The molecule has 0 fully saturated rings. The minimum atomic E-state index is 0.655. The third-order valence-corrected chi connectivity index (χ3v) is 2.16. The molecule has 0 spiro atoms. The van der Waals surface area contributed by atoms with Crippen molar-refractivity contribution in [3.8, 4) is 11.5 Å². The molecule has 0 unspecified atom stereocenters. The van der Waals surface area contributed by atoms with Crippen LogP contribution in [0.15, 0.2) is 18.2 Å². The van der Waals surface area contributed by atoms with Crippen LogP contribution in [0.5, 0.6) is 11.5 Å². The molecule has 0 radical (unpaired) electrons. The molecule has 0 aliphatic carbocycles. The molecule has 4 heteroatoms. The van der Waals surface area contributed by atoms with E-state index < -0.39 is 0 Å². The van der Waals surface area contributed by atoms with Gasteiger partial charge in [-0.2, -0.15) is 0 Å². The lowest BCUT2D eigenvalue weighted by Gasteiger charge is -2.11. The van der Waals surface area contributed by atoms with Gasteiger partial charge in [-0.25, -0.2) is 0 Å². The van der Waals surface area contributed by atoms with Crippen LogP contribution in [-0.2, 0) is 0 Å². The van der Waals surface area contributed by atoms with Gasteiger partial charge in [0.05, 0.1) is 13.7 Å². The van der Waals surface area contributed by atoms with Crippen molar-refractivity contribution < 1.29 is 9.47 Å². The molecule has 1 aromatic carbocycles. The van der Waals surface area contributed by atoms with Crippen LogP contribution in [0.1, 0.15) is 6.42 Å². The van der Waals surface area contributed by atoms with E-state index in [0.29, 0.717) is 12.3 Å². The number of benzene rings is 1. The van der Waals surface area contributed by atoms with Crippen LogP contribution >= 0.6 is 0 Å². The fraction of sp³-hybridized carbons (Fsp3) is 0.500. The van der Waals surface area contributed by atoms with Crippen molar-refractivity contribution in [3.05, 3.63) is 18.2 Å². The van der Waals surface area contributed by atoms with Crippen molar-refractivity contribution in [3.63, 3.8) is 0 Å². The first kappa shape index (κ1) is 12.6. The Bertz CT molecular complexity index is 327. The van der Waals surface area contributed by atoms with Crippen LogP contribution in [0.25, 0.3) is 0 Å². The van der Waals surface area contributed by atoms with Gasteiger partial charge in [-0.05, 0) is 20.5 Å². The predicted octanol–water partition coefficient (Wildman–Crippen LogP) is 1.61. The number of anilines is 1. The van der Waals surface area contributed by atoms with Gasteiger partial charge in [0.1, 0.15) is 11.5 Å². The van der Waals surface area contributed by atoms with Crippen LogP contribution in [0.4, 0.5) is 5.69 Å². The maximum Gasteiger partial charge on any atom is 0.125 e. The standard InChI is InChI=1S/C12H20N2O2/c1-14(2)5-4-6-16-12-8-10(13)7-11(9-12)15-3/h7-9H,4-6,13H2,1-3H3. The summed E-state index contributed by atoms with van der Waals surface area (Å²) < 4.78 is 10.7. The molecule has 1 aromatic rings. The van der Waals surface area contributed by atoms with E-state index in [1.54, 1.807) is 19.2 Å². The molecule has 0 saturated carbocycles. The zero-order chi connectivity index (χ0) is 12.0. The van der Waals surface area contributed by atoms with Gasteiger partial charge in [0.15, 0.2) is 0 Å². The lowest BCUT2D eigenvalue weighted by molar-refractivity contribution is 0.280. The van der Waals surface area contributed by atoms with Crippen molar-refractivity contribution >= 4 is 5.69 Å². The van der Waals surface area contributed by atoms with Gasteiger partial charge in [0.25, 0.3) is 0 Å². The van der Waals surface area contributed by atoms with Gasteiger partial charge in [-0.3, -0.25) is 0 Å². The maximum absolute atomic E-state index is 5.72. The second-order valence-corrected chi connectivity index (χ2v) is 3.95. The number of hydrogen-bond donors (Lipinski definition) is 1. The molecule has 4 nitrogen and oxygen atoms in total. The molecule has 0 aliphatic rings. The van der Waals surface area contributed by atoms with Gasteiger partial charge in [0.2, 0.25) is 0 Å². The average molecular weight is 224 g/mol. The number of methoxy groups -OCH3 is 1. The first-order valence-corrected chi connectivity index (χ1v) is 5.34. The summed E-state index contributed by atoms with van der Waals surface area (Å²) in [6.45, 7) is 1.70. The highest BCUT2D eigenvalue weighted by atomic mass is 16.5. The second kappa shape index (κ2) is 6.23. The number of hydrogen-bond acceptors (Lipinski definition) is 4. The van der Waals surface area contributed by atoms with Gasteiger partial charge >= 0.3 is 0 Å². The van der Waals surface area contributed by atoms with Crippen molar-refractivity contribution in [1.82, 2.24) is 4.90 Å². The Balaban J connectivity index is 2.44. The summed E-state index contributed by atoms with van der Waals surface area (Å²) in [5.74, 6) is 1.48. The minimum absolute atomic E-state index is 0.655. The predicted molar refractivity (Wildman–Crippen MR) is 66.1 cm³/mol. The third-order valence-electron chi connectivity index (χ3n) is 2.16. The summed E-state index contributed by atoms with van der Waals surface area (Å²) >= 11 is 0. The summed E-state index contributed by atoms with van der Waals surface area (Å²) in [5.41, 5.74) is 6.37. The molecule has 0 bridgehead atoms. The Morgan fingerprint density at radius 2 is 1.88 bits per heavy atom. The first-order chi connectivity index (χ1) is 7.61. The number of nitrogen functional groups attached to an aromatic ring is 1. The Morgan fingerprint density at radius 1 is 1.19 bits per heavy atom. The normalized spacial score (nSPS) is 10.5. The van der Waals surface area contributed by atoms with Gasteiger partial charge in [0, 0.05) is 30.4 Å². The highest BCUT2D eigenvalue weighted by molar-refractivity contribution is 5.50. The second-order valence-electron chi connectivity index (χ2n) is 3.95. The number of ether oxygens (including phenoxy) is 2. The monoisotopic (exact) mass is 224 g/mol. The molecule has 2 N–H and O–H groups in total. The van der Waals surface area contributed by atoms with Gasteiger partial charge in [-0.15, -0.1) is 0 Å². The molecule has 90 valence electrons. The van der Waals surface area contributed by atoms with Crippen molar-refractivity contribution in [2.45, 2.75) is 6.42 Å². The maximum atomic E-state index is 5.72. The van der Waals surface area contributed by atoms with Crippen LogP contribution in [0.2, 0.25) is 0 Å². The van der Waals surface area contributed by atoms with E-state index in [-0.39, 0.29) is 0 Å². The van der Waals surface area contributed by atoms with Crippen LogP contribution < -0.4 is 15.2 Å². The molecule has 0 amide bonds. The van der Waals surface area contributed by atoms with Gasteiger partial charge < -0.3 is 20.1 Å². The lowest BCUT2D eigenvalue weighted by Crippen LogP contribution is -2.15. The third kappa shape index (κ3) is 4.40. The van der Waals surface area contributed by atoms with Gasteiger partial charge in [-0.1, -0.05) is 0 Å². The lowest BCUT2D eigenvalue weighted by atomic mass is 10.3. The van der Waals surface area contributed by atoms with Crippen LogP contribution in [0, 0.1) is 0 Å². The largest absolute Gasteiger partial charge is 0.497 e. The molecule has 0 aromatic heterocycles. The fourth-order valence-electron chi connectivity index (χ4n) is 1.37. The zero-order valence-corrected chi connectivity index (χ0v) is 10.2. The molecule has 0 atom stereocenters. The van der Waals surface area contributed by atoms with E-state index in [2.05, 4.69) is 4.90 Å². The van der Waals surface area contributed by atoms with E-state index in [4.69, 9.17) is 15.2 Å². The summed E-state index contributed by atoms with van der Waals surface area (Å²) in [4.78, 5) is 2.13. The Morgan fingerprint density at radius 3 is 2.50 bits per heavy atom. The molecule has 16 heavy (non-hydrogen) atoms. The Labute approximate surface area is 96.9 Å². The van der Waals surface area contributed by atoms with Crippen LogP contribution in [-0.4, -0.2) is 39.3 Å². The van der Waals surface area contributed by atoms with E-state index in [0.717, 1.165) is 24.5 Å². The van der Waals surface area contributed by atoms with E-state index in [9.17, 15) is 0 Å². The summed E-state index contributed by atoms with van der Waals surface area (Å²) in [6.07, 6.45) is 0.990. The Hall–Kier alpha value is -1.42. The Kier molecular flexibility index (Phi) is 4.92. The summed E-state index contributed by atoms with van der Waals surface area (Å²) in [6, 6.07) is 5.41. The molecular formula is C12H20N2O2. The van der Waals surface area contributed by atoms with E-state index >= 15 is 0 Å². The highest BCUT2D eigenvalue weighted by Crippen LogP contribution is 2.23. The minimum Gasteiger partial charge on any atom is -0.497 e. The van der Waals surface area contributed by atoms with Crippen molar-refractivity contribution in [2.75, 3.05) is 40.1 Å². The smallest absolute Gasteiger partial charge is 0.125 e. The molecule has 0 saturated heterocycles. The molecule has 0 aliphatic heterocycles. The molecule has 1 rings (SSSR count). The van der Waals surface area contributed by atoms with E-state index in [1.165, 1.54) is 0 Å².